The lowest BCUT2D eigenvalue weighted by Crippen LogP contribution is -2.29. The van der Waals surface area contributed by atoms with Crippen LogP contribution in [0.1, 0.15) is 19.8 Å². The Bertz CT molecular complexity index is 538. The van der Waals surface area contributed by atoms with Crippen molar-refractivity contribution in [3.63, 3.8) is 0 Å². The van der Waals surface area contributed by atoms with E-state index in [1.807, 2.05) is 0 Å². The van der Waals surface area contributed by atoms with Gasteiger partial charge in [-0.15, -0.1) is 0 Å². The van der Waals surface area contributed by atoms with Crippen LogP contribution < -0.4 is 4.72 Å². The fraction of sp³-hybridized carbons (Fsp3) is 0.455. The smallest absolute Gasteiger partial charge is 0.211 e. The molecule has 1 N–H and O–H groups in total. The summed E-state index contributed by atoms with van der Waals surface area (Å²) in [5.74, 6) is 0. The number of rotatable bonds is 4. The van der Waals surface area contributed by atoms with Gasteiger partial charge in [0.05, 0.1) is 4.90 Å². The van der Waals surface area contributed by atoms with E-state index in [-0.39, 0.29) is 10.3 Å². The molecule has 0 aromatic heterocycles. The summed E-state index contributed by atoms with van der Waals surface area (Å²) in [6.07, 6.45) is 2.18. The number of hydrogen-bond acceptors (Lipinski definition) is 2. The standard InChI is InChI=1S/C11H13Br2NO2S/c1-11(4-5-11)7-14-17(15,16)10-6-8(12)2-3-9(10)13/h2-3,6,14H,4-5,7H2,1H3. The number of benzene rings is 1. The molecule has 94 valence electrons. The average Bonchev–Trinajstić information content (AvgIpc) is 2.98. The van der Waals surface area contributed by atoms with Gasteiger partial charge < -0.3 is 0 Å². The van der Waals surface area contributed by atoms with Crippen molar-refractivity contribution >= 4 is 41.9 Å². The summed E-state index contributed by atoms with van der Waals surface area (Å²) in [6, 6.07) is 5.12. The number of nitrogens with one attached hydrogen (secondary N) is 1. The molecule has 6 heteroatoms. The van der Waals surface area contributed by atoms with Gasteiger partial charge in [-0.2, -0.15) is 0 Å². The van der Waals surface area contributed by atoms with Gasteiger partial charge in [0.25, 0.3) is 0 Å². The molecule has 0 atom stereocenters. The van der Waals surface area contributed by atoms with E-state index in [0.717, 1.165) is 17.3 Å². The van der Waals surface area contributed by atoms with Gasteiger partial charge in [-0.1, -0.05) is 22.9 Å². The maximum Gasteiger partial charge on any atom is 0.241 e. The van der Waals surface area contributed by atoms with Crippen molar-refractivity contribution in [2.45, 2.75) is 24.7 Å². The second-order valence-corrected chi connectivity index (χ2v) is 8.22. The van der Waals surface area contributed by atoms with Crippen LogP contribution in [-0.2, 0) is 10.0 Å². The quantitative estimate of drug-likeness (QED) is 0.868. The molecule has 0 unspecified atom stereocenters. The average molecular weight is 383 g/mol. The van der Waals surface area contributed by atoms with Crippen molar-refractivity contribution in [2.75, 3.05) is 6.54 Å². The summed E-state index contributed by atoms with van der Waals surface area (Å²) in [6.45, 7) is 2.60. The Morgan fingerprint density at radius 1 is 1.35 bits per heavy atom. The molecule has 0 amide bonds. The minimum absolute atomic E-state index is 0.158. The lowest BCUT2D eigenvalue weighted by atomic mass is 10.2. The highest BCUT2D eigenvalue weighted by atomic mass is 79.9. The van der Waals surface area contributed by atoms with Crippen molar-refractivity contribution in [1.29, 1.82) is 0 Å². The Morgan fingerprint density at radius 3 is 2.59 bits per heavy atom. The molecular formula is C11H13Br2NO2S. The van der Waals surface area contributed by atoms with Crippen molar-refractivity contribution in [3.8, 4) is 0 Å². The van der Waals surface area contributed by atoms with E-state index in [4.69, 9.17) is 0 Å². The first-order valence-corrected chi connectivity index (χ1v) is 8.34. The minimum Gasteiger partial charge on any atom is -0.211 e. The number of hydrogen-bond donors (Lipinski definition) is 1. The third-order valence-corrected chi connectivity index (χ3v) is 5.86. The van der Waals surface area contributed by atoms with Gasteiger partial charge in [-0.3, -0.25) is 0 Å². The van der Waals surface area contributed by atoms with Crippen LogP contribution in [0.15, 0.2) is 32.0 Å². The maximum atomic E-state index is 12.1. The second kappa shape index (κ2) is 4.64. The molecule has 1 aliphatic carbocycles. The fourth-order valence-electron chi connectivity index (χ4n) is 1.42. The Balaban J connectivity index is 2.21. The molecule has 0 bridgehead atoms. The molecule has 0 saturated heterocycles. The van der Waals surface area contributed by atoms with Gasteiger partial charge in [0.1, 0.15) is 0 Å². The molecule has 2 rings (SSSR count). The van der Waals surface area contributed by atoms with Crippen LogP contribution >= 0.6 is 31.9 Å². The number of sulfonamides is 1. The van der Waals surface area contributed by atoms with E-state index in [1.165, 1.54) is 0 Å². The van der Waals surface area contributed by atoms with Crippen LogP contribution in [0.25, 0.3) is 0 Å². The summed E-state index contributed by atoms with van der Waals surface area (Å²) in [5.41, 5.74) is 0.158. The van der Waals surface area contributed by atoms with Gasteiger partial charge in [0, 0.05) is 15.5 Å². The highest BCUT2D eigenvalue weighted by Gasteiger charge is 2.38. The van der Waals surface area contributed by atoms with E-state index >= 15 is 0 Å². The van der Waals surface area contributed by atoms with Gasteiger partial charge in [0.15, 0.2) is 0 Å². The largest absolute Gasteiger partial charge is 0.241 e. The zero-order valence-corrected chi connectivity index (χ0v) is 13.3. The van der Waals surface area contributed by atoms with Crippen LogP contribution in [-0.4, -0.2) is 15.0 Å². The van der Waals surface area contributed by atoms with Crippen LogP contribution in [0.3, 0.4) is 0 Å². The summed E-state index contributed by atoms with van der Waals surface area (Å²) < 4.78 is 28.2. The minimum atomic E-state index is -3.43. The van der Waals surface area contributed by atoms with E-state index < -0.39 is 10.0 Å². The Labute approximate surface area is 118 Å². The van der Waals surface area contributed by atoms with Gasteiger partial charge >= 0.3 is 0 Å². The predicted octanol–water partition coefficient (Wildman–Crippen LogP) is 3.29. The summed E-state index contributed by atoms with van der Waals surface area (Å²) in [7, 11) is -3.43. The number of halogens is 2. The Kier molecular flexibility index (Phi) is 3.69. The molecular weight excluding hydrogens is 370 g/mol. The summed E-state index contributed by atoms with van der Waals surface area (Å²) >= 11 is 6.54. The molecule has 1 aliphatic rings. The molecule has 1 saturated carbocycles. The van der Waals surface area contributed by atoms with Crippen molar-refractivity contribution in [2.24, 2.45) is 5.41 Å². The predicted molar refractivity (Wildman–Crippen MR) is 74.4 cm³/mol. The normalized spacial score (nSPS) is 18.1. The SMILES string of the molecule is CC1(CNS(=O)(=O)c2cc(Br)ccc2Br)CC1. The topological polar surface area (TPSA) is 46.2 Å². The zero-order valence-electron chi connectivity index (χ0n) is 9.33. The van der Waals surface area contributed by atoms with Crippen LogP contribution in [0.5, 0.6) is 0 Å². The van der Waals surface area contributed by atoms with Crippen LogP contribution in [0.4, 0.5) is 0 Å². The molecule has 0 aliphatic heterocycles. The van der Waals surface area contributed by atoms with Crippen LogP contribution in [0, 0.1) is 5.41 Å². The maximum absolute atomic E-state index is 12.1. The highest BCUT2D eigenvalue weighted by Crippen LogP contribution is 2.44. The lowest BCUT2D eigenvalue weighted by molar-refractivity contribution is 0.530. The van der Waals surface area contributed by atoms with E-state index in [0.29, 0.717) is 11.0 Å². The first kappa shape index (κ1) is 13.5. The Hall–Kier alpha value is 0.0900. The van der Waals surface area contributed by atoms with E-state index in [9.17, 15) is 8.42 Å². The van der Waals surface area contributed by atoms with Crippen molar-refractivity contribution < 1.29 is 8.42 Å². The first-order chi connectivity index (χ1) is 7.82. The monoisotopic (exact) mass is 381 g/mol. The zero-order chi connectivity index (χ0) is 12.7. The molecule has 0 heterocycles. The molecule has 0 radical (unpaired) electrons. The molecule has 17 heavy (non-hydrogen) atoms. The molecule has 1 aromatic rings. The van der Waals surface area contributed by atoms with Crippen molar-refractivity contribution in [3.05, 3.63) is 27.1 Å². The lowest BCUT2D eigenvalue weighted by Gasteiger charge is -2.12. The van der Waals surface area contributed by atoms with Crippen molar-refractivity contribution in [1.82, 2.24) is 4.72 Å². The van der Waals surface area contributed by atoms with Gasteiger partial charge in [0.2, 0.25) is 10.0 Å². The summed E-state index contributed by atoms with van der Waals surface area (Å²) in [5, 5.41) is 0. The first-order valence-electron chi connectivity index (χ1n) is 5.27. The molecule has 1 fully saturated rings. The van der Waals surface area contributed by atoms with E-state index in [2.05, 4.69) is 43.5 Å². The van der Waals surface area contributed by atoms with Gasteiger partial charge in [-0.25, -0.2) is 13.1 Å². The Morgan fingerprint density at radius 2 is 2.00 bits per heavy atom. The fourth-order valence-corrected chi connectivity index (χ4v) is 4.12. The third-order valence-electron chi connectivity index (χ3n) is 2.98. The molecule has 3 nitrogen and oxygen atoms in total. The molecule has 0 spiro atoms. The third kappa shape index (κ3) is 3.30. The van der Waals surface area contributed by atoms with Gasteiger partial charge in [-0.05, 0) is 52.4 Å². The van der Waals surface area contributed by atoms with E-state index in [1.54, 1.807) is 18.2 Å². The molecule has 1 aromatic carbocycles. The van der Waals surface area contributed by atoms with Crippen LogP contribution in [0.2, 0.25) is 0 Å². The second-order valence-electron chi connectivity index (χ2n) is 4.71. The highest BCUT2D eigenvalue weighted by molar-refractivity contribution is 9.11. The summed E-state index contributed by atoms with van der Waals surface area (Å²) in [4.78, 5) is 0.274.